The molecular formula is C26H36N2O5. The van der Waals surface area contributed by atoms with Crippen molar-refractivity contribution in [1.29, 1.82) is 0 Å². The number of amides is 2. The van der Waals surface area contributed by atoms with Crippen LogP contribution in [-0.4, -0.2) is 42.6 Å². The maximum Gasteiger partial charge on any atom is 0.226 e. The monoisotopic (exact) mass is 456 g/mol. The van der Waals surface area contributed by atoms with Crippen LogP contribution in [0.5, 0.6) is 0 Å². The van der Waals surface area contributed by atoms with Gasteiger partial charge in [0.05, 0.1) is 6.10 Å². The molecule has 1 fully saturated rings. The van der Waals surface area contributed by atoms with Gasteiger partial charge in [-0.2, -0.15) is 0 Å². The van der Waals surface area contributed by atoms with Gasteiger partial charge in [-0.15, -0.1) is 0 Å². The lowest BCUT2D eigenvalue weighted by molar-refractivity contribution is -0.134. The van der Waals surface area contributed by atoms with E-state index in [0.29, 0.717) is 12.8 Å². The van der Waals surface area contributed by atoms with E-state index >= 15 is 0 Å². The Bertz CT molecular complexity index is 824. The number of nitrogens with one attached hydrogen (secondary N) is 1. The van der Waals surface area contributed by atoms with Crippen LogP contribution in [0.15, 0.2) is 48.1 Å². The van der Waals surface area contributed by atoms with Crippen molar-refractivity contribution in [3.8, 4) is 0 Å². The van der Waals surface area contributed by atoms with Gasteiger partial charge in [0.15, 0.2) is 11.6 Å². The van der Waals surface area contributed by atoms with E-state index < -0.39 is 0 Å². The van der Waals surface area contributed by atoms with E-state index in [1.807, 2.05) is 31.2 Å². The zero-order valence-corrected chi connectivity index (χ0v) is 19.6. The van der Waals surface area contributed by atoms with Gasteiger partial charge in [-0.05, 0) is 56.6 Å². The predicted octanol–water partition coefficient (Wildman–Crippen LogP) is 3.11. The molecule has 2 rings (SSSR count). The SMILES string of the molecule is COC1/C=C/CC/C=C/C(=O)C[C@H](CC(=O)/C=C/CC2CC(=O)NC(=O)C2)/C(C)=C\[C@@H](N)C1. The van der Waals surface area contributed by atoms with Gasteiger partial charge in [0.2, 0.25) is 11.8 Å². The maximum atomic E-state index is 12.6. The second-order valence-electron chi connectivity index (χ2n) is 8.91. The summed E-state index contributed by atoms with van der Waals surface area (Å²) in [7, 11) is 1.66. The summed E-state index contributed by atoms with van der Waals surface area (Å²) in [5.74, 6) is -0.981. The van der Waals surface area contributed by atoms with E-state index in [1.165, 1.54) is 6.08 Å². The molecule has 3 N–H and O–H groups in total. The largest absolute Gasteiger partial charge is 0.377 e. The molecule has 0 saturated carbocycles. The first-order chi connectivity index (χ1) is 15.8. The Morgan fingerprint density at radius 2 is 1.85 bits per heavy atom. The highest BCUT2D eigenvalue weighted by Crippen LogP contribution is 2.23. The Morgan fingerprint density at radius 3 is 2.55 bits per heavy atom. The third-order valence-electron chi connectivity index (χ3n) is 5.98. The fourth-order valence-corrected chi connectivity index (χ4v) is 4.15. The second kappa shape index (κ2) is 13.8. The number of imide groups is 1. The van der Waals surface area contributed by atoms with Crippen molar-refractivity contribution in [2.24, 2.45) is 17.6 Å². The predicted molar refractivity (Wildman–Crippen MR) is 127 cm³/mol. The second-order valence-corrected chi connectivity index (χ2v) is 8.91. The highest BCUT2D eigenvalue weighted by Gasteiger charge is 2.24. The number of nitrogens with two attached hydrogens (primary N) is 1. The molecule has 1 saturated heterocycles. The summed E-state index contributed by atoms with van der Waals surface area (Å²) in [6, 6.07) is -0.253. The first-order valence-corrected chi connectivity index (χ1v) is 11.6. The summed E-state index contributed by atoms with van der Waals surface area (Å²) in [5, 5.41) is 2.28. The smallest absolute Gasteiger partial charge is 0.226 e. The van der Waals surface area contributed by atoms with Crippen LogP contribution in [0.3, 0.4) is 0 Å². The van der Waals surface area contributed by atoms with Crippen LogP contribution in [0.4, 0.5) is 0 Å². The third kappa shape index (κ3) is 10.2. The minimum atomic E-state index is -0.273. The van der Waals surface area contributed by atoms with Crippen molar-refractivity contribution in [3.05, 3.63) is 48.1 Å². The fourth-order valence-electron chi connectivity index (χ4n) is 4.15. The van der Waals surface area contributed by atoms with Crippen LogP contribution in [0.25, 0.3) is 0 Å². The highest BCUT2D eigenvalue weighted by atomic mass is 16.5. The van der Waals surface area contributed by atoms with Crippen molar-refractivity contribution >= 4 is 23.4 Å². The molecule has 0 aromatic heterocycles. The Hall–Kier alpha value is -2.64. The summed E-state index contributed by atoms with van der Waals surface area (Å²) < 4.78 is 5.50. The van der Waals surface area contributed by atoms with Crippen molar-refractivity contribution in [3.63, 3.8) is 0 Å². The van der Waals surface area contributed by atoms with Crippen LogP contribution < -0.4 is 11.1 Å². The summed E-state index contributed by atoms with van der Waals surface area (Å²) in [5.41, 5.74) is 7.22. The molecule has 2 aliphatic rings. The normalized spacial score (nSPS) is 29.7. The van der Waals surface area contributed by atoms with Crippen LogP contribution in [0, 0.1) is 11.8 Å². The molecule has 2 amide bonds. The number of hydrogen-bond acceptors (Lipinski definition) is 6. The molecule has 0 spiro atoms. The number of carbonyl (C=O) groups excluding carboxylic acids is 4. The molecule has 0 bridgehead atoms. The third-order valence-corrected chi connectivity index (χ3v) is 5.98. The van der Waals surface area contributed by atoms with Crippen molar-refractivity contribution in [2.75, 3.05) is 7.11 Å². The number of rotatable bonds is 6. The number of ketones is 2. The first-order valence-electron chi connectivity index (χ1n) is 11.6. The van der Waals surface area contributed by atoms with Gasteiger partial charge in [-0.1, -0.05) is 36.0 Å². The van der Waals surface area contributed by atoms with E-state index in [0.717, 1.165) is 18.4 Å². The Morgan fingerprint density at radius 1 is 1.15 bits per heavy atom. The molecule has 1 aliphatic carbocycles. The maximum absolute atomic E-state index is 12.6. The number of allylic oxidation sites excluding steroid dienone is 6. The van der Waals surface area contributed by atoms with Gasteiger partial charge >= 0.3 is 0 Å². The molecule has 1 heterocycles. The zero-order chi connectivity index (χ0) is 24.2. The number of ether oxygens (including phenoxy) is 1. The molecular weight excluding hydrogens is 420 g/mol. The molecule has 1 aliphatic heterocycles. The quantitative estimate of drug-likeness (QED) is 0.360. The molecule has 33 heavy (non-hydrogen) atoms. The first kappa shape index (κ1) is 26.6. The van der Waals surface area contributed by atoms with Gasteiger partial charge in [0.1, 0.15) is 0 Å². The number of carbonyl (C=O) groups is 4. The summed E-state index contributed by atoms with van der Waals surface area (Å²) in [6.07, 6.45) is 16.3. The number of methoxy groups -OCH3 is 1. The summed E-state index contributed by atoms with van der Waals surface area (Å²) in [4.78, 5) is 48.1. The van der Waals surface area contributed by atoms with E-state index in [2.05, 4.69) is 5.32 Å². The van der Waals surface area contributed by atoms with E-state index in [-0.39, 0.29) is 73.0 Å². The topological polar surface area (TPSA) is 116 Å². The molecule has 0 aromatic rings. The number of hydrogen-bond donors (Lipinski definition) is 2. The van der Waals surface area contributed by atoms with Gasteiger partial charge in [-0.3, -0.25) is 24.5 Å². The molecule has 180 valence electrons. The lowest BCUT2D eigenvalue weighted by Gasteiger charge is -2.20. The van der Waals surface area contributed by atoms with Crippen molar-refractivity contribution in [2.45, 2.75) is 70.4 Å². The van der Waals surface area contributed by atoms with E-state index in [1.54, 1.807) is 19.3 Å². The van der Waals surface area contributed by atoms with Gasteiger partial charge in [0, 0.05) is 38.8 Å². The zero-order valence-electron chi connectivity index (χ0n) is 19.6. The standard InChI is InChI=1S/C26H36N2O5/c1-18-12-21(27)17-24(33-2)11-6-4-3-5-9-22(29)15-20(18)16-23(30)10-7-8-19-13-25(31)28-26(32)14-19/h5-7,9-12,19-21,24H,3-4,8,13-17,27H2,1-2H3,(H,28,31,32)/b9-5+,10-7+,11-6+,18-12-/t20-,21-,24?/m1/s1. The number of piperidine rings is 1. The van der Waals surface area contributed by atoms with Gasteiger partial charge in [-0.25, -0.2) is 0 Å². The average Bonchev–Trinajstić information content (AvgIpc) is 2.73. The molecule has 0 aromatic carbocycles. The van der Waals surface area contributed by atoms with E-state index in [9.17, 15) is 19.2 Å². The van der Waals surface area contributed by atoms with Crippen LogP contribution in [0.1, 0.15) is 58.3 Å². The Labute approximate surface area is 196 Å². The lowest BCUT2D eigenvalue weighted by Crippen LogP contribution is -2.38. The minimum Gasteiger partial charge on any atom is -0.377 e. The van der Waals surface area contributed by atoms with Crippen LogP contribution in [0.2, 0.25) is 0 Å². The molecule has 7 nitrogen and oxygen atoms in total. The van der Waals surface area contributed by atoms with E-state index in [4.69, 9.17) is 10.5 Å². The van der Waals surface area contributed by atoms with Crippen molar-refractivity contribution in [1.82, 2.24) is 5.32 Å². The van der Waals surface area contributed by atoms with Crippen molar-refractivity contribution < 1.29 is 23.9 Å². The van der Waals surface area contributed by atoms with Gasteiger partial charge in [0.25, 0.3) is 0 Å². The average molecular weight is 457 g/mol. The lowest BCUT2D eigenvalue weighted by atomic mass is 9.87. The van der Waals surface area contributed by atoms with Gasteiger partial charge < -0.3 is 10.5 Å². The summed E-state index contributed by atoms with van der Waals surface area (Å²) in [6.45, 7) is 1.91. The minimum absolute atomic E-state index is 0.0133. The fraction of sp³-hybridized carbons (Fsp3) is 0.538. The summed E-state index contributed by atoms with van der Waals surface area (Å²) >= 11 is 0. The highest BCUT2D eigenvalue weighted by molar-refractivity contribution is 5.97. The Balaban J connectivity index is 2.05. The molecule has 3 atom stereocenters. The molecule has 1 unspecified atom stereocenters. The Kier molecular flexibility index (Phi) is 11.1. The molecule has 0 radical (unpaired) electrons. The van der Waals surface area contributed by atoms with Crippen LogP contribution >= 0.6 is 0 Å². The van der Waals surface area contributed by atoms with Crippen LogP contribution in [-0.2, 0) is 23.9 Å². The molecule has 7 heteroatoms.